The highest BCUT2D eigenvalue weighted by atomic mass is 14.9. The molecule has 0 amide bonds. The zero-order valence-corrected chi connectivity index (χ0v) is 9.17. The highest BCUT2D eigenvalue weighted by molar-refractivity contribution is 5.59. The van der Waals surface area contributed by atoms with Crippen molar-refractivity contribution in [2.75, 3.05) is 11.9 Å². The first-order chi connectivity index (χ1) is 7.20. The molecule has 0 radical (unpaired) electrons. The van der Waals surface area contributed by atoms with Crippen LogP contribution in [0.15, 0.2) is 6.07 Å². The van der Waals surface area contributed by atoms with E-state index in [1.807, 2.05) is 19.9 Å². The molecule has 1 aliphatic rings. The van der Waals surface area contributed by atoms with Crippen molar-refractivity contribution in [2.45, 2.75) is 26.7 Å². The fourth-order valence-electron chi connectivity index (χ4n) is 1.69. The molecule has 1 aromatic heterocycles. The Kier molecular flexibility index (Phi) is 2.59. The molecule has 0 saturated heterocycles. The Morgan fingerprint density at radius 2 is 2.27 bits per heavy atom. The van der Waals surface area contributed by atoms with Crippen LogP contribution in [-0.2, 0) is 0 Å². The smallest absolute Gasteiger partial charge is 0.103 e. The van der Waals surface area contributed by atoms with Crippen molar-refractivity contribution in [1.82, 2.24) is 4.98 Å². The lowest BCUT2D eigenvalue weighted by Gasteiger charge is -2.09. The summed E-state index contributed by atoms with van der Waals surface area (Å²) in [5.74, 6) is 0.810. The van der Waals surface area contributed by atoms with E-state index in [-0.39, 0.29) is 0 Å². The predicted molar refractivity (Wildman–Crippen MR) is 59.6 cm³/mol. The average Bonchev–Trinajstić information content (AvgIpc) is 2.97. The largest absolute Gasteiger partial charge is 0.384 e. The van der Waals surface area contributed by atoms with Gasteiger partial charge in [0.1, 0.15) is 6.07 Å². The van der Waals surface area contributed by atoms with Crippen molar-refractivity contribution in [3.8, 4) is 6.07 Å². The Balaban J connectivity index is 2.22. The summed E-state index contributed by atoms with van der Waals surface area (Å²) in [6.45, 7) is 4.82. The summed E-state index contributed by atoms with van der Waals surface area (Å²) in [6, 6.07) is 4.16. The summed E-state index contributed by atoms with van der Waals surface area (Å²) >= 11 is 0. The van der Waals surface area contributed by atoms with Gasteiger partial charge in [-0.1, -0.05) is 0 Å². The molecule has 1 heterocycles. The topological polar surface area (TPSA) is 48.7 Å². The zero-order chi connectivity index (χ0) is 10.8. The van der Waals surface area contributed by atoms with Gasteiger partial charge in [0, 0.05) is 12.2 Å². The minimum Gasteiger partial charge on any atom is -0.384 e. The Morgan fingerprint density at radius 1 is 1.53 bits per heavy atom. The van der Waals surface area contributed by atoms with Crippen LogP contribution in [0.2, 0.25) is 0 Å². The molecule has 0 bridgehead atoms. The number of nitrogens with one attached hydrogen (secondary N) is 1. The van der Waals surface area contributed by atoms with Gasteiger partial charge in [-0.25, -0.2) is 0 Å². The molecule has 15 heavy (non-hydrogen) atoms. The molecule has 1 aromatic rings. The molecule has 1 saturated carbocycles. The molecule has 2 rings (SSSR count). The lowest BCUT2D eigenvalue weighted by molar-refractivity contribution is 0.886. The summed E-state index contributed by atoms with van der Waals surface area (Å²) in [4.78, 5) is 4.29. The first-order valence-corrected chi connectivity index (χ1v) is 5.33. The van der Waals surface area contributed by atoms with E-state index in [0.29, 0.717) is 5.56 Å². The molecule has 0 aliphatic heterocycles. The van der Waals surface area contributed by atoms with E-state index >= 15 is 0 Å². The van der Waals surface area contributed by atoms with E-state index in [0.717, 1.165) is 29.5 Å². The van der Waals surface area contributed by atoms with E-state index in [1.165, 1.54) is 12.8 Å². The number of hydrogen-bond acceptors (Lipinski definition) is 3. The van der Waals surface area contributed by atoms with E-state index in [9.17, 15) is 0 Å². The van der Waals surface area contributed by atoms with Crippen molar-refractivity contribution in [3.63, 3.8) is 0 Å². The Hall–Kier alpha value is -1.56. The molecule has 3 nitrogen and oxygen atoms in total. The molecule has 3 heteroatoms. The number of aryl methyl sites for hydroxylation is 2. The maximum absolute atomic E-state index is 9.04. The summed E-state index contributed by atoms with van der Waals surface area (Å²) < 4.78 is 0. The zero-order valence-electron chi connectivity index (χ0n) is 9.17. The second kappa shape index (κ2) is 3.90. The number of nitriles is 1. The van der Waals surface area contributed by atoms with Crippen molar-refractivity contribution in [2.24, 2.45) is 5.92 Å². The van der Waals surface area contributed by atoms with Gasteiger partial charge >= 0.3 is 0 Å². The Bertz CT molecular complexity index is 414. The second-order valence-electron chi connectivity index (χ2n) is 4.21. The third-order valence-corrected chi connectivity index (χ3v) is 2.72. The first kappa shape index (κ1) is 9.97. The van der Waals surface area contributed by atoms with Crippen LogP contribution in [0.25, 0.3) is 0 Å². The fraction of sp³-hybridized carbons (Fsp3) is 0.500. The van der Waals surface area contributed by atoms with Crippen LogP contribution < -0.4 is 5.32 Å². The fourth-order valence-corrected chi connectivity index (χ4v) is 1.69. The number of pyridine rings is 1. The highest BCUT2D eigenvalue weighted by Crippen LogP contribution is 2.29. The van der Waals surface area contributed by atoms with E-state index in [2.05, 4.69) is 16.4 Å². The molecule has 0 spiro atoms. The van der Waals surface area contributed by atoms with E-state index in [1.54, 1.807) is 0 Å². The molecule has 1 N–H and O–H groups in total. The number of hydrogen-bond donors (Lipinski definition) is 1. The average molecular weight is 201 g/mol. The number of anilines is 1. The van der Waals surface area contributed by atoms with Gasteiger partial charge in [0.25, 0.3) is 0 Å². The lowest BCUT2D eigenvalue weighted by atomic mass is 10.1. The highest BCUT2D eigenvalue weighted by Gasteiger charge is 2.21. The van der Waals surface area contributed by atoms with Crippen molar-refractivity contribution >= 4 is 5.69 Å². The molecule has 0 unspecified atom stereocenters. The van der Waals surface area contributed by atoms with Gasteiger partial charge in [-0.05, 0) is 38.7 Å². The molecule has 1 aliphatic carbocycles. The third-order valence-electron chi connectivity index (χ3n) is 2.72. The van der Waals surface area contributed by atoms with Crippen LogP contribution in [0.5, 0.6) is 0 Å². The van der Waals surface area contributed by atoms with Crippen LogP contribution in [0, 0.1) is 31.1 Å². The standard InChI is InChI=1S/C12H15N3/c1-8-5-12(14-7-10-3-4-10)11(6-13)9(2)15-8/h5,10H,3-4,7H2,1-2H3,(H,14,15). The lowest BCUT2D eigenvalue weighted by Crippen LogP contribution is -2.07. The SMILES string of the molecule is Cc1cc(NCC2CC2)c(C#N)c(C)n1. The summed E-state index contributed by atoms with van der Waals surface area (Å²) in [5.41, 5.74) is 3.40. The minimum atomic E-state index is 0.682. The molecular formula is C12H15N3. The van der Waals surface area contributed by atoms with Gasteiger partial charge in [0.05, 0.1) is 16.9 Å². The number of aromatic nitrogens is 1. The van der Waals surface area contributed by atoms with Gasteiger partial charge < -0.3 is 5.32 Å². The Morgan fingerprint density at radius 3 is 2.87 bits per heavy atom. The maximum atomic E-state index is 9.04. The van der Waals surface area contributed by atoms with Gasteiger partial charge in [-0.15, -0.1) is 0 Å². The molecule has 1 fully saturated rings. The van der Waals surface area contributed by atoms with Crippen LogP contribution in [0.4, 0.5) is 5.69 Å². The second-order valence-corrected chi connectivity index (χ2v) is 4.21. The van der Waals surface area contributed by atoms with Crippen molar-refractivity contribution < 1.29 is 0 Å². The summed E-state index contributed by atoms with van der Waals surface area (Å²) in [6.07, 6.45) is 2.63. The predicted octanol–water partition coefficient (Wildman–Crippen LogP) is 2.39. The van der Waals surface area contributed by atoms with Gasteiger partial charge in [-0.3, -0.25) is 4.98 Å². The third kappa shape index (κ3) is 2.27. The maximum Gasteiger partial charge on any atom is 0.103 e. The molecule has 0 aromatic carbocycles. The van der Waals surface area contributed by atoms with Gasteiger partial charge in [-0.2, -0.15) is 5.26 Å². The number of nitrogens with zero attached hydrogens (tertiary/aromatic N) is 2. The normalized spacial score (nSPS) is 14.7. The minimum absolute atomic E-state index is 0.682. The molecule has 0 atom stereocenters. The van der Waals surface area contributed by atoms with Crippen LogP contribution in [-0.4, -0.2) is 11.5 Å². The van der Waals surface area contributed by atoms with Crippen LogP contribution in [0.3, 0.4) is 0 Å². The monoisotopic (exact) mass is 201 g/mol. The van der Waals surface area contributed by atoms with Gasteiger partial charge in [0.2, 0.25) is 0 Å². The van der Waals surface area contributed by atoms with E-state index < -0.39 is 0 Å². The first-order valence-electron chi connectivity index (χ1n) is 5.33. The van der Waals surface area contributed by atoms with Crippen molar-refractivity contribution in [3.05, 3.63) is 23.0 Å². The van der Waals surface area contributed by atoms with Gasteiger partial charge in [0.15, 0.2) is 0 Å². The summed E-state index contributed by atoms with van der Waals surface area (Å²) in [7, 11) is 0. The Labute approximate surface area is 90.1 Å². The summed E-state index contributed by atoms with van der Waals surface area (Å²) in [5, 5.41) is 12.4. The molecular weight excluding hydrogens is 186 g/mol. The van der Waals surface area contributed by atoms with Crippen LogP contribution >= 0.6 is 0 Å². The van der Waals surface area contributed by atoms with E-state index in [4.69, 9.17) is 5.26 Å². The number of rotatable bonds is 3. The van der Waals surface area contributed by atoms with Crippen molar-refractivity contribution in [1.29, 1.82) is 5.26 Å². The molecule has 78 valence electrons. The quantitative estimate of drug-likeness (QED) is 0.816. The van der Waals surface area contributed by atoms with Crippen LogP contribution in [0.1, 0.15) is 29.8 Å².